The zero-order valence-corrected chi connectivity index (χ0v) is 17.2. The Kier molecular flexibility index (Phi) is 5.58. The number of aromatic nitrogens is 4. The van der Waals surface area contributed by atoms with Crippen LogP contribution in [0, 0.1) is 24.0 Å². The minimum Gasteiger partial charge on any atom is -0.439 e. The van der Waals surface area contributed by atoms with E-state index in [1.54, 1.807) is 41.1 Å². The van der Waals surface area contributed by atoms with Crippen molar-refractivity contribution in [3.05, 3.63) is 94.1 Å². The molecular formula is C22H18N6O4. The molecule has 10 heteroatoms. The number of nitrogens with zero attached hydrogens (tertiary/aromatic N) is 5. The summed E-state index contributed by atoms with van der Waals surface area (Å²) in [4.78, 5) is 31.3. The van der Waals surface area contributed by atoms with Gasteiger partial charge in [0.15, 0.2) is 5.82 Å². The van der Waals surface area contributed by atoms with E-state index in [1.807, 2.05) is 19.9 Å². The van der Waals surface area contributed by atoms with E-state index in [9.17, 15) is 14.9 Å². The van der Waals surface area contributed by atoms with Crippen LogP contribution in [-0.2, 0) is 0 Å². The number of anilines is 1. The van der Waals surface area contributed by atoms with Gasteiger partial charge in [-0.1, -0.05) is 12.1 Å². The van der Waals surface area contributed by atoms with Gasteiger partial charge in [-0.2, -0.15) is 5.10 Å². The number of carbonyl (C=O) groups excluding carboxylic acids is 1. The fourth-order valence-electron chi connectivity index (χ4n) is 3.11. The van der Waals surface area contributed by atoms with E-state index in [4.69, 9.17) is 4.74 Å². The van der Waals surface area contributed by atoms with Crippen molar-refractivity contribution in [3.8, 4) is 17.4 Å². The molecule has 1 N–H and O–H groups in total. The van der Waals surface area contributed by atoms with Gasteiger partial charge in [0, 0.05) is 23.5 Å². The molecule has 0 saturated heterocycles. The van der Waals surface area contributed by atoms with Crippen LogP contribution in [0.3, 0.4) is 0 Å². The molecule has 4 rings (SSSR count). The zero-order valence-electron chi connectivity index (χ0n) is 17.2. The number of aryl methyl sites for hydroxylation is 2. The number of benzene rings is 2. The molecule has 0 radical (unpaired) electrons. The van der Waals surface area contributed by atoms with Crippen molar-refractivity contribution in [2.45, 2.75) is 13.8 Å². The second-order valence-corrected chi connectivity index (χ2v) is 6.91. The van der Waals surface area contributed by atoms with Gasteiger partial charge < -0.3 is 10.1 Å². The summed E-state index contributed by atoms with van der Waals surface area (Å²) in [5.74, 6) is 0.830. The van der Waals surface area contributed by atoms with E-state index < -0.39 is 10.8 Å². The Hall–Kier alpha value is -4.60. The van der Waals surface area contributed by atoms with Gasteiger partial charge in [0.1, 0.15) is 17.6 Å². The molecule has 2 heterocycles. The van der Waals surface area contributed by atoms with E-state index in [1.165, 1.54) is 24.5 Å². The maximum absolute atomic E-state index is 12.4. The number of amides is 1. The maximum Gasteiger partial charge on any atom is 0.282 e. The van der Waals surface area contributed by atoms with E-state index in [0.29, 0.717) is 23.1 Å². The van der Waals surface area contributed by atoms with Crippen LogP contribution >= 0.6 is 0 Å². The molecular weight excluding hydrogens is 412 g/mol. The molecule has 32 heavy (non-hydrogen) atoms. The molecule has 10 nitrogen and oxygen atoms in total. The van der Waals surface area contributed by atoms with Gasteiger partial charge in [0.25, 0.3) is 11.6 Å². The molecule has 1 amide bonds. The molecule has 0 fully saturated rings. The second-order valence-electron chi connectivity index (χ2n) is 6.91. The molecule has 0 aliphatic carbocycles. The zero-order chi connectivity index (χ0) is 22.7. The maximum atomic E-state index is 12.4. The Bertz CT molecular complexity index is 1300. The monoisotopic (exact) mass is 430 g/mol. The number of para-hydroxylation sites is 1. The normalized spacial score (nSPS) is 10.6. The van der Waals surface area contributed by atoms with Crippen LogP contribution in [0.2, 0.25) is 0 Å². The Balaban J connectivity index is 1.47. The second kappa shape index (κ2) is 8.64. The highest BCUT2D eigenvalue weighted by Gasteiger charge is 2.19. The Morgan fingerprint density at radius 2 is 1.81 bits per heavy atom. The van der Waals surface area contributed by atoms with Crippen LogP contribution in [0.5, 0.6) is 11.6 Å². The molecule has 0 saturated carbocycles. The fraction of sp³-hybridized carbons (Fsp3) is 0.0909. The molecule has 0 aliphatic heterocycles. The summed E-state index contributed by atoms with van der Waals surface area (Å²) in [6, 6.07) is 15.9. The fourth-order valence-corrected chi connectivity index (χ4v) is 3.11. The summed E-state index contributed by atoms with van der Waals surface area (Å²) in [5.41, 5.74) is 2.00. The van der Waals surface area contributed by atoms with Gasteiger partial charge in [-0.25, -0.2) is 14.6 Å². The third-order valence-electron chi connectivity index (χ3n) is 4.53. The number of carbonyl (C=O) groups is 1. The average molecular weight is 430 g/mol. The van der Waals surface area contributed by atoms with E-state index in [0.717, 1.165) is 11.4 Å². The van der Waals surface area contributed by atoms with Crippen LogP contribution in [-0.4, -0.2) is 30.6 Å². The summed E-state index contributed by atoms with van der Waals surface area (Å²) in [6.07, 6.45) is 1.39. The first-order valence-electron chi connectivity index (χ1n) is 9.59. The highest BCUT2D eigenvalue weighted by Crippen LogP contribution is 2.24. The van der Waals surface area contributed by atoms with E-state index in [2.05, 4.69) is 20.4 Å². The van der Waals surface area contributed by atoms with E-state index >= 15 is 0 Å². The van der Waals surface area contributed by atoms with Crippen molar-refractivity contribution in [1.29, 1.82) is 0 Å². The molecule has 0 bridgehead atoms. The van der Waals surface area contributed by atoms with Crippen LogP contribution < -0.4 is 10.1 Å². The lowest BCUT2D eigenvalue weighted by Gasteiger charge is -2.09. The third kappa shape index (κ3) is 4.43. The molecule has 0 unspecified atom stereocenters. The number of ether oxygens (including phenoxy) is 1. The topological polar surface area (TPSA) is 125 Å². The first-order chi connectivity index (χ1) is 15.4. The Morgan fingerprint density at radius 3 is 2.50 bits per heavy atom. The Labute approximate surface area is 182 Å². The van der Waals surface area contributed by atoms with Crippen LogP contribution in [0.25, 0.3) is 5.82 Å². The van der Waals surface area contributed by atoms with Crippen molar-refractivity contribution in [2.24, 2.45) is 0 Å². The molecule has 0 atom stereocenters. The molecule has 160 valence electrons. The van der Waals surface area contributed by atoms with Crippen molar-refractivity contribution < 1.29 is 14.5 Å². The standard InChI is InChI=1S/C22H18N6O4/c1-14-11-15(2)27(26-14)20-12-21(24-13-23-20)32-17-9-7-16(8-10-17)25-22(29)18-5-3-4-6-19(18)28(30)31/h3-13H,1-2H3,(H,25,29). The molecule has 2 aromatic carbocycles. The van der Waals surface area contributed by atoms with Gasteiger partial charge in [-0.3, -0.25) is 14.9 Å². The number of nitro benzene ring substituents is 1. The summed E-state index contributed by atoms with van der Waals surface area (Å²) in [7, 11) is 0. The summed E-state index contributed by atoms with van der Waals surface area (Å²) in [6.45, 7) is 3.83. The highest BCUT2D eigenvalue weighted by atomic mass is 16.6. The van der Waals surface area contributed by atoms with Crippen molar-refractivity contribution >= 4 is 17.3 Å². The minimum absolute atomic E-state index is 0.0181. The third-order valence-corrected chi connectivity index (χ3v) is 4.53. The van der Waals surface area contributed by atoms with Crippen molar-refractivity contribution in [1.82, 2.24) is 19.7 Å². The lowest BCUT2D eigenvalue weighted by atomic mass is 10.1. The van der Waals surface area contributed by atoms with Gasteiger partial charge >= 0.3 is 0 Å². The average Bonchev–Trinajstić information content (AvgIpc) is 3.13. The SMILES string of the molecule is Cc1cc(C)n(-c2cc(Oc3ccc(NC(=O)c4ccccc4[N+](=O)[O-])cc3)ncn2)n1. The van der Waals surface area contributed by atoms with Crippen LogP contribution in [0.1, 0.15) is 21.7 Å². The smallest absolute Gasteiger partial charge is 0.282 e. The predicted molar refractivity (Wildman–Crippen MR) is 116 cm³/mol. The first kappa shape index (κ1) is 20.7. The largest absolute Gasteiger partial charge is 0.439 e. The number of hydrogen-bond acceptors (Lipinski definition) is 7. The van der Waals surface area contributed by atoms with Gasteiger partial charge in [-0.05, 0) is 50.2 Å². The van der Waals surface area contributed by atoms with Crippen molar-refractivity contribution in [3.63, 3.8) is 0 Å². The lowest BCUT2D eigenvalue weighted by molar-refractivity contribution is -0.385. The number of nitrogens with one attached hydrogen (secondary N) is 1. The lowest BCUT2D eigenvalue weighted by Crippen LogP contribution is -2.13. The summed E-state index contributed by atoms with van der Waals surface area (Å²) >= 11 is 0. The Morgan fingerprint density at radius 1 is 1.06 bits per heavy atom. The van der Waals surface area contributed by atoms with Gasteiger partial charge in [0.05, 0.1) is 10.6 Å². The van der Waals surface area contributed by atoms with Crippen LogP contribution in [0.4, 0.5) is 11.4 Å². The molecule has 4 aromatic rings. The number of hydrogen-bond donors (Lipinski definition) is 1. The van der Waals surface area contributed by atoms with Gasteiger partial charge in [0.2, 0.25) is 5.88 Å². The van der Waals surface area contributed by atoms with E-state index in [-0.39, 0.29) is 11.3 Å². The summed E-state index contributed by atoms with van der Waals surface area (Å²) in [5, 5.41) is 18.2. The molecule has 0 aliphatic rings. The summed E-state index contributed by atoms with van der Waals surface area (Å²) < 4.78 is 7.49. The molecule has 0 spiro atoms. The first-order valence-corrected chi connectivity index (χ1v) is 9.59. The highest BCUT2D eigenvalue weighted by molar-refractivity contribution is 6.07. The van der Waals surface area contributed by atoms with Crippen LogP contribution in [0.15, 0.2) is 67.0 Å². The van der Waals surface area contributed by atoms with Gasteiger partial charge in [-0.15, -0.1) is 0 Å². The predicted octanol–water partition coefficient (Wildman–Crippen LogP) is 4.23. The number of nitro groups is 1. The molecule has 2 aromatic heterocycles. The quantitative estimate of drug-likeness (QED) is 0.358. The van der Waals surface area contributed by atoms with Crippen molar-refractivity contribution in [2.75, 3.05) is 5.32 Å². The number of rotatable bonds is 6. The minimum atomic E-state index is -0.589.